The van der Waals surface area contributed by atoms with Gasteiger partial charge in [0.15, 0.2) is 0 Å². The van der Waals surface area contributed by atoms with Crippen LogP contribution in [0, 0.1) is 0 Å². The zero-order chi connectivity index (χ0) is 12.5. The largest absolute Gasteiger partial charge is 0.487 e. The molecule has 1 aliphatic rings. The van der Waals surface area contributed by atoms with E-state index in [1.807, 2.05) is 12.1 Å². The Hall–Kier alpha value is -1.34. The summed E-state index contributed by atoms with van der Waals surface area (Å²) in [6.45, 7) is 0.0659. The van der Waals surface area contributed by atoms with Crippen LogP contribution in [-0.2, 0) is 9.84 Å². The molecule has 0 saturated heterocycles. The molecule has 2 rings (SSSR count). The molecule has 0 saturated carbocycles. The molecule has 1 aromatic carbocycles. The standard InChI is InChI=1S/C10H9BrN2O3S/c11-7-2-1-3-9(4-7)16-5-8-6-17(14,15)10(12)13-8/h1-4,6H,5H2,(H2,12,13). The van der Waals surface area contributed by atoms with Gasteiger partial charge in [-0.1, -0.05) is 22.0 Å². The number of aliphatic imine (C=N–C) groups is 1. The molecule has 0 amide bonds. The van der Waals surface area contributed by atoms with Crippen LogP contribution in [0.2, 0.25) is 0 Å². The number of rotatable bonds is 3. The summed E-state index contributed by atoms with van der Waals surface area (Å²) in [6, 6.07) is 7.22. The van der Waals surface area contributed by atoms with Crippen LogP contribution in [0.1, 0.15) is 0 Å². The van der Waals surface area contributed by atoms with E-state index in [0.717, 1.165) is 9.88 Å². The molecule has 0 bridgehead atoms. The monoisotopic (exact) mass is 316 g/mol. The average molecular weight is 317 g/mol. The van der Waals surface area contributed by atoms with E-state index in [1.165, 1.54) is 0 Å². The Kier molecular flexibility index (Phi) is 3.21. The first-order chi connectivity index (χ1) is 7.97. The second kappa shape index (κ2) is 4.50. The fraction of sp³-hybridized carbons (Fsp3) is 0.100. The third-order valence-electron chi connectivity index (χ3n) is 2.02. The maximum absolute atomic E-state index is 11.2. The van der Waals surface area contributed by atoms with Gasteiger partial charge in [0.1, 0.15) is 12.4 Å². The van der Waals surface area contributed by atoms with Gasteiger partial charge in [0.2, 0.25) is 15.0 Å². The van der Waals surface area contributed by atoms with Crippen LogP contribution < -0.4 is 10.5 Å². The quantitative estimate of drug-likeness (QED) is 0.914. The van der Waals surface area contributed by atoms with Crippen LogP contribution in [0.5, 0.6) is 5.75 Å². The molecule has 1 heterocycles. The molecule has 17 heavy (non-hydrogen) atoms. The molecule has 0 unspecified atom stereocenters. The van der Waals surface area contributed by atoms with E-state index >= 15 is 0 Å². The van der Waals surface area contributed by atoms with E-state index in [1.54, 1.807) is 12.1 Å². The first-order valence-corrected chi connectivity index (χ1v) is 6.99. The number of sulfone groups is 1. The molecule has 0 aromatic heterocycles. The minimum atomic E-state index is -3.51. The Bertz CT molecular complexity index is 608. The van der Waals surface area contributed by atoms with Gasteiger partial charge < -0.3 is 10.5 Å². The lowest BCUT2D eigenvalue weighted by Gasteiger charge is -2.04. The third kappa shape index (κ3) is 2.86. The highest BCUT2D eigenvalue weighted by atomic mass is 79.9. The van der Waals surface area contributed by atoms with E-state index in [2.05, 4.69) is 20.9 Å². The number of benzene rings is 1. The summed E-state index contributed by atoms with van der Waals surface area (Å²) < 4.78 is 28.8. The lowest BCUT2D eigenvalue weighted by Crippen LogP contribution is -2.18. The SMILES string of the molecule is NC1=NC(COc2cccc(Br)c2)=CS1(=O)=O. The Labute approximate surface area is 107 Å². The first-order valence-electron chi connectivity index (χ1n) is 4.65. The van der Waals surface area contributed by atoms with Gasteiger partial charge in [0.05, 0.1) is 11.1 Å². The third-order valence-corrected chi connectivity index (χ3v) is 3.77. The van der Waals surface area contributed by atoms with Crippen molar-refractivity contribution >= 4 is 30.9 Å². The molecular formula is C10H9BrN2O3S. The van der Waals surface area contributed by atoms with E-state index < -0.39 is 9.84 Å². The molecule has 2 N–H and O–H groups in total. The maximum atomic E-state index is 11.2. The highest BCUT2D eigenvalue weighted by Crippen LogP contribution is 2.19. The zero-order valence-electron chi connectivity index (χ0n) is 8.63. The Morgan fingerprint density at radius 3 is 2.76 bits per heavy atom. The molecule has 0 spiro atoms. The lowest BCUT2D eigenvalue weighted by molar-refractivity contribution is 0.351. The topological polar surface area (TPSA) is 81.8 Å². The molecule has 7 heteroatoms. The Morgan fingerprint density at radius 1 is 1.41 bits per heavy atom. The highest BCUT2D eigenvalue weighted by Gasteiger charge is 2.21. The van der Waals surface area contributed by atoms with E-state index in [9.17, 15) is 8.42 Å². The number of hydrogen-bond donors (Lipinski definition) is 1. The smallest absolute Gasteiger partial charge is 0.234 e. The number of nitrogens with two attached hydrogens (primary N) is 1. The van der Waals surface area contributed by atoms with Gasteiger partial charge in [-0.2, -0.15) is 0 Å². The maximum Gasteiger partial charge on any atom is 0.234 e. The Morgan fingerprint density at radius 2 is 2.18 bits per heavy atom. The first kappa shape index (κ1) is 12.1. The summed E-state index contributed by atoms with van der Waals surface area (Å²) in [5.74, 6) is 0.623. The van der Waals surface area contributed by atoms with Crippen molar-refractivity contribution in [3.05, 3.63) is 39.8 Å². The zero-order valence-corrected chi connectivity index (χ0v) is 11.0. The average Bonchev–Trinajstić information content (AvgIpc) is 2.50. The van der Waals surface area contributed by atoms with Gasteiger partial charge in [0, 0.05) is 4.47 Å². The van der Waals surface area contributed by atoms with Crippen molar-refractivity contribution in [2.75, 3.05) is 6.61 Å². The minimum Gasteiger partial charge on any atom is -0.487 e. The molecule has 1 aromatic rings. The van der Waals surface area contributed by atoms with Gasteiger partial charge in [-0.3, -0.25) is 0 Å². The lowest BCUT2D eigenvalue weighted by atomic mass is 10.3. The fourth-order valence-corrected chi connectivity index (χ4v) is 2.47. The van der Waals surface area contributed by atoms with E-state index in [-0.39, 0.29) is 11.8 Å². The van der Waals surface area contributed by atoms with Crippen molar-refractivity contribution in [1.29, 1.82) is 0 Å². The van der Waals surface area contributed by atoms with Crippen molar-refractivity contribution in [2.45, 2.75) is 0 Å². The van der Waals surface area contributed by atoms with Crippen molar-refractivity contribution in [3.8, 4) is 5.75 Å². The number of hydrogen-bond acceptors (Lipinski definition) is 5. The summed E-state index contributed by atoms with van der Waals surface area (Å²) in [6.07, 6.45) is 0. The van der Waals surface area contributed by atoms with E-state index in [0.29, 0.717) is 11.4 Å². The highest BCUT2D eigenvalue weighted by molar-refractivity contribution is 9.10. The summed E-state index contributed by atoms with van der Waals surface area (Å²) in [5, 5.41) is 0.630. The fourth-order valence-electron chi connectivity index (χ4n) is 1.25. The van der Waals surface area contributed by atoms with Crippen LogP contribution >= 0.6 is 15.9 Å². The van der Waals surface area contributed by atoms with Crippen molar-refractivity contribution < 1.29 is 13.2 Å². The van der Waals surface area contributed by atoms with Gasteiger partial charge >= 0.3 is 0 Å². The van der Waals surface area contributed by atoms with Gasteiger partial charge in [-0.25, -0.2) is 13.4 Å². The van der Waals surface area contributed by atoms with Crippen LogP contribution in [-0.4, -0.2) is 20.2 Å². The molecule has 0 aliphatic carbocycles. The van der Waals surface area contributed by atoms with Crippen LogP contribution in [0.3, 0.4) is 0 Å². The van der Waals surface area contributed by atoms with E-state index in [4.69, 9.17) is 10.5 Å². The summed E-state index contributed by atoms with van der Waals surface area (Å²) >= 11 is 3.31. The molecule has 0 fully saturated rings. The van der Waals surface area contributed by atoms with Crippen molar-refractivity contribution in [3.63, 3.8) is 0 Å². The number of nitrogens with zero attached hydrogens (tertiary/aromatic N) is 1. The normalized spacial score (nSPS) is 17.5. The second-order valence-electron chi connectivity index (χ2n) is 3.35. The number of amidine groups is 1. The number of halogens is 1. The van der Waals surface area contributed by atoms with Crippen LogP contribution in [0.4, 0.5) is 0 Å². The van der Waals surface area contributed by atoms with Crippen molar-refractivity contribution in [2.24, 2.45) is 10.7 Å². The van der Waals surface area contributed by atoms with Gasteiger partial charge in [-0.05, 0) is 18.2 Å². The van der Waals surface area contributed by atoms with Gasteiger partial charge in [-0.15, -0.1) is 0 Å². The molecule has 0 radical (unpaired) electrons. The molecule has 0 atom stereocenters. The number of ether oxygens (including phenoxy) is 1. The molecular weight excluding hydrogens is 308 g/mol. The predicted octanol–water partition coefficient (Wildman–Crippen LogP) is 1.41. The second-order valence-corrected chi connectivity index (χ2v) is 6.01. The summed E-state index contributed by atoms with van der Waals surface area (Å²) in [7, 11) is -3.51. The van der Waals surface area contributed by atoms with Crippen LogP contribution in [0.25, 0.3) is 0 Å². The Balaban J connectivity index is 2.06. The minimum absolute atomic E-state index is 0.0659. The van der Waals surface area contributed by atoms with Crippen LogP contribution in [0.15, 0.2) is 44.8 Å². The predicted molar refractivity (Wildman–Crippen MR) is 68.3 cm³/mol. The van der Waals surface area contributed by atoms with Gasteiger partial charge in [0.25, 0.3) is 0 Å². The summed E-state index contributed by atoms with van der Waals surface area (Å²) in [4.78, 5) is 3.71. The molecule has 1 aliphatic heterocycles. The molecule has 90 valence electrons. The molecule has 5 nitrogen and oxygen atoms in total. The summed E-state index contributed by atoms with van der Waals surface area (Å²) in [5.41, 5.74) is 5.54. The van der Waals surface area contributed by atoms with Crippen molar-refractivity contribution in [1.82, 2.24) is 0 Å².